The number of nitrogens with one attached hydrogen (secondary N) is 1. The van der Waals surface area contributed by atoms with Gasteiger partial charge in [-0.3, -0.25) is 9.71 Å². The highest BCUT2D eigenvalue weighted by Crippen LogP contribution is 2.44. The Bertz CT molecular complexity index is 2420. The summed E-state index contributed by atoms with van der Waals surface area (Å²) in [6, 6.07) is 43.4. The number of anilines is 1. The van der Waals surface area contributed by atoms with E-state index in [2.05, 4.69) is 16.6 Å². The highest BCUT2D eigenvalue weighted by atomic mass is 32.2. The van der Waals surface area contributed by atoms with Crippen LogP contribution in [0.1, 0.15) is 36.0 Å². The van der Waals surface area contributed by atoms with Crippen LogP contribution in [-0.4, -0.2) is 35.3 Å². The second-order valence-electron chi connectivity index (χ2n) is 13.1. The van der Waals surface area contributed by atoms with Gasteiger partial charge < -0.3 is 19.0 Å². The summed E-state index contributed by atoms with van der Waals surface area (Å²) in [6.07, 6.45) is 0.0803. The molecule has 0 radical (unpaired) electrons. The lowest BCUT2D eigenvalue weighted by Gasteiger charge is -2.41. The minimum absolute atomic E-state index is 0.0595. The van der Waals surface area contributed by atoms with Crippen molar-refractivity contribution in [2.24, 2.45) is 5.92 Å². The summed E-state index contributed by atoms with van der Waals surface area (Å²) in [5.74, 6) is 1.12. The van der Waals surface area contributed by atoms with Crippen LogP contribution in [0.5, 0.6) is 0 Å². The van der Waals surface area contributed by atoms with Gasteiger partial charge >= 0.3 is 0 Å². The summed E-state index contributed by atoms with van der Waals surface area (Å²) in [5.41, 5.74) is 5.81. The zero-order valence-electron chi connectivity index (χ0n) is 29.3. The predicted molar refractivity (Wildman–Crippen MR) is 210 cm³/mol. The first-order valence-corrected chi connectivity index (χ1v) is 20.0. The van der Waals surface area contributed by atoms with E-state index in [1.54, 1.807) is 42.6 Å². The van der Waals surface area contributed by atoms with Gasteiger partial charge in [0.05, 0.1) is 24.3 Å². The first-order valence-electron chi connectivity index (χ1n) is 17.6. The first-order chi connectivity index (χ1) is 26.4. The smallest absolute Gasteiger partial charge is 0.264 e. The predicted octanol–water partition coefficient (Wildman–Crippen LogP) is 9.43. The molecule has 0 spiro atoms. The van der Waals surface area contributed by atoms with Crippen LogP contribution in [0.15, 0.2) is 160 Å². The summed E-state index contributed by atoms with van der Waals surface area (Å²) in [7, 11) is -3.98. The molecule has 1 aliphatic heterocycles. The molecule has 0 aliphatic carbocycles. The second kappa shape index (κ2) is 15.6. The van der Waals surface area contributed by atoms with Crippen LogP contribution in [0.25, 0.3) is 33.5 Å². The fourth-order valence-electron chi connectivity index (χ4n) is 6.65. The molecule has 7 aromatic rings. The van der Waals surface area contributed by atoms with Gasteiger partial charge in [0.1, 0.15) is 10.6 Å². The number of nitrogens with zero attached hydrogens (tertiary/aromatic N) is 2. The van der Waals surface area contributed by atoms with E-state index in [1.807, 2.05) is 103 Å². The van der Waals surface area contributed by atoms with Crippen LogP contribution < -0.4 is 4.72 Å². The van der Waals surface area contributed by atoms with Crippen LogP contribution in [-0.2, 0) is 26.1 Å². The van der Waals surface area contributed by atoms with Crippen LogP contribution in [0.4, 0.5) is 5.69 Å². The van der Waals surface area contributed by atoms with E-state index in [0.29, 0.717) is 33.5 Å². The van der Waals surface area contributed by atoms with Crippen molar-refractivity contribution in [3.8, 4) is 22.6 Å². The van der Waals surface area contributed by atoms with Crippen molar-refractivity contribution in [3.63, 3.8) is 0 Å². The Morgan fingerprint density at radius 1 is 0.778 bits per heavy atom. The minimum Gasteiger partial charge on any atom is -0.431 e. The molecule has 8 rings (SSSR count). The Kier molecular flexibility index (Phi) is 10.3. The third-order valence-electron chi connectivity index (χ3n) is 9.48. The molecule has 1 saturated heterocycles. The Hall–Kier alpha value is -5.30. The molecule has 4 unspecified atom stereocenters. The van der Waals surface area contributed by atoms with E-state index >= 15 is 0 Å². The van der Waals surface area contributed by atoms with Crippen LogP contribution in [0, 0.1) is 5.92 Å². The van der Waals surface area contributed by atoms with Crippen molar-refractivity contribution in [2.75, 3.05) is 10.5 Å². The number of aliphatic hydroxyl groups excluding tert-OH is 1. The molecule has 0 bridgehead atoms. The number of fused-ring (bicyclic) bond motifs is 1. The zero-order chi connectivity index (χ0) is 37.1. The third kappa shape index (κ3) is 7.54. The van der Waals surface area contributed by atoms with Crippen molar-refractivity contribution in [1.29, 1.82) is 0 Å². The molecule has 11 heteroatoms. The Morgan fingerprint density at radius 2 is 1.50 bits per heavy atom. The van der Waals surface area contributed by atoms with Gasteiger partial charge in [0.15, 0.2) is 12.1 Å². The summed E-state index contributed by atoms with van der Waals surface area (Å²) in [6.45, 7) is 2.03. The van der Waals surface area contributed by atoms with Gasteiger partial charge in [-0.1, -0.05) is 134 Å². The number of sulfonamides is 1. The number of hydrogen-bond donors (Lipinski definition) is 2. The molecule has 54 heavy (non-hydrogen) atoms. The average molecular weight is 756 g/mol. The van der Waals surface area contributed by atoms with Gasteiger partial charge in [-0.05, 0) is 35.4 Å². The molecular weight excluding hydrogens is 719 g/mol. The second-order valence-corrected chi connectivity index (χ2v) is 15.7. The average Bonchev–Trinajstić information content (AvgIpc) is 3.65. The number of para-hydroxylation sites is 1. The maximum absolute atomic E-state index is 13.7. The summed E-state index contributed by atoms with van der Waals surface area (Å²) < 4.78 is 49.9. The molecule has 0 saturated carbocycles. The quantitative estimate of drug-likeness (QED) is 0.124. The van der Waals surface area contributed by atoms with E-state index in [0.717, 1.165) is 33.3 Å². The minimum atomic E-state index is -3.98. The highest BCUT2D eigenvalue weighted by molar-refractivity contribution is 7.99. The van der Waals surface area contributed by atoms with Gasteiger partial charge in [-0.25, -0.2) is 13.4 Å². The van der Waals surface area contributed by atoms with Crippen molar-refractivity contribution in [3.05, 3.63) is 162 Å². The van der Waals surface area contributed by atoms with E-state index in [1.165, 1.54) is 11.8 Å². The summed E-state index contributed by atoms with van der Waals surface area (Å²) in [5, 5.41) is 10.9. The van der Waals surface area contributed by atoms with Gasteiger partial charge in [0.25, 0.3) is 15.2 Å². The molecule has 272 valence electrons. The number of benzene rings is 5. The normalized spacial score (nSPS) is 18.8. The summed E-state index contributed by atoms with van der Waals surface area (Å²) >= 11 is 1.48. The Morgan fingerprint density at radius 3 is 2.26 bits per heavy atom. The molecule has 0 amide bonds. The van der Waals surface area contributed by atoms with Gasteiger partial charge in [-0.2, -0.15) is 0 Å². The van der Waals surface area contributed by atoms with E-state index in [-0.39, 0.29) is 29.6 Å². The molecule has 9 nitrogen and oxygen atoms in total. The number of oxazole rings is 1. The zero-order valence-corrected chi connectivity index (χ0v) is 30.9. The number of ether oxygens (including phenoxy) is 2. The number of rotatable bonds is 11. The van der Waals surface area contributed by atoms with Crippen molar-refractivity contribution >= 4 is 38.4 Å². The van der Waals surface area contributed by atoms with Crippen LogP contribution in [0.2, 0.25) is 0 Å². The van der Waals surface area contributed by atoms with Crippen LogP contribution in [0.3, 0.4) is 0 Å². The molecule has 2 N–H and O–H groups in total. The lowest BCUT2D eigenvalue weighted by molar-refractivity contribution is -0.268. The van der Waals surface area contributed by atoms with E-state index in [4.69, 9.17) is 18.9 Å². The number of pyridine rings is 1. The number of aromatic nitrogens is 2. The van der Waals surface area contributed by atoms with Crippen molar-refractivity contribution in [1.82, 2.24) is 9.97 Å². The van der Waals surface area contributed by atoms with Crippen molar-refractivity contribution < 1.29 is 27.4 Å². The summed E-state index contributed by atoms with van der Waals surface area (Å²) in [4.78, 5) is 9.37. The molecule has 4 atom stereocenters. The van der Waals surface area contributed by atoms with Gasteiger partial charge in [0.2, 0.25) is 0 Å². The largest absolute Gasteiger partial charge is 0.431 e. The number of aliphatic hydroxyl groups is 1. The topological polar surface area (TPSA) is 124 Å². The fourth-order valence-corrected chi connectivity index (χ4v) is 8.87. The van der Waals surface area contributed by atoms with Gasteiger partial charge in [-0.15, -0.1) is 0 Å². The maximum atomic E-state index is 13.7. The standard InChI is InChI=1S/C43H37N3O6S2/c1-28-36(27-53-43-45-39(31-11-4-2-5-12-31)41(52-43)32-13-6-3-7-14-32)50-42(51-40(28)33-22-20-29(26-47)21-23-33)34-16-8-18-35(25-34)46-54(48,49)37-19-9-15-30-17-10-24-44-38(30)37/h2-25,28,36,40,42,46-47H,26-27H2,1H3. The van der Waals surface area contributed by atoms with Crippen LogP contribution >= 0.6 is 11.8 Å². The third-order valence-corrected chi connectivity index (χ3v) is 11.8. The molecular formula is C43H37N3O6S2. The monoisotopic (exact) mass is 755 g/mol. The maximum Gasteiger partial charge on any atom is 0.264 e. The van der Waals surface area contributed by atoms with Crippen molar-refractivity contribution in [2.45, 2.75) is 42.1 Å². The lowest BCUT2D eigenvalue weighted by Crippen LogP contribution is -2.38. The van der Waals surface area contributed by atoms with E-state index in [9.17, 15) is 13.5 Å². The Balaban J connectivity index is 1.08. The van der Waals surface area contributed by atoms with Gasteiger partial charge in [0, 0.05) is 45.6 Å². The first kappa shape index (κ1) is 35.7. The lowest BCUT2D eigenvalue weighted by atomic mass is 9.91. The molecule has 3 heterocycles. The number of hydrogen-bond acceptors (Lipinski definition) is 9. The SMILES string of the molecule is CC1C(CSc2nc(-c3ccccc3)c(-c3ccccc3)o2)OC(c2cccc(NS(=O)(=O)c3cccc4cccnc34)c2)OC1c1ccc(CO)cc1. The molecule has 5 aromatic carbocycles. The van der Waals surface area contributed by atoms with E-state index < -0.39 is 16.3 Å². The molecule has 2 aromatic heterocycles. The number of thioether (sulfide) groups is 1. The fraction of sp³-hybridized carbons (Fsp3) is 0.163. The highest BCUT2D eigenvalue weighted by Gasteiger charge is 2.39. The molecule has 1 aliphatic rings. The molecule has 1 fully saturated rings. The Labute approximate surface area is 318 Å².